The molecule has 5 aliphatic heterocycles. The van der Waals surface area contributed by atoms with E-state index in [1.54, 1.807) is 12.4 Å². The number of hydrogen-bond acceptors (Lipinski definition) is 19. The fraction of sp³-hybridized carbons (Fsp3) is 0.236. The molecule has 0 unspecified atom stereocenters. The number of anilines is 15. The van der Waals surface area contributed by atoms with E-state index in [-0.39, 0.29) is 0 Å². The summed E-state index contributed by atoms with van der Waals surface area (Å²) < 4.78 is 31.4. The topological polar surface area (TPSA) is 150 Å². The van der Waals surface area contributed by atoms with Crippen LogP contribution in [0.1, 0.15) is 148 Å². The Morgan fingerprint density at radius 2 is 0.528 bits per heavy atom. The summed E-state index contributed by atoms with van der Waals surface area (Å²) in [6.45, 7) is 43.6. The predicted octanol–water partition coefficient (Wildman–Crippen LogP) is 34.1. The second-order valence-corrected chi connectivity index (χ2v) is 35.5. The first kappa shape index (κ1) is 97.6. The summed E-state index contributed by atoms with van der Waals surface area (Å²) in [5.41, 5.74) is 30.9. The van der Waals surface area contributed by atoms with Gasteiger partial charge in [-0.1, -0.05) is 297 Å². The van der Waals surface area contributed by atoms with Crippen LogP contribution in [0.5, 0.6) is 0 Å². The number of rotatable bonds is 9. The minimum Gasteiger partial charge on any atom is -0.454 e. The van der Waals surface area contributed by atoms with Crippen molar-refractivity contribution >= 4 is 196 Å². The highest BCUT2D eigenvalue weighted by Crippen LogP contribution is 2.53. The summed E-state index contributed by atoms with van der Waals surface area (Å²) in [5.74, 6) is 4.69. The third-order valence-corrected chi connectivity index (χ3v) is 26.3. The van der Waals surface area contributed by atoms with Crippen molar-refractivity contribution < 1.29 is 22.1 Å². The lowest BCUT2D eigenvalue weighted by molar-refractivity contribution is 0.667. The van der Waals surface area contributed by atoms with E-state index in [2.05, 4.69) is 358 Å². The minimum atomic E-state index is 0.469. The molecule has 0 saturated carbocycles. The number of aromatic nitrogens is 4. The number of fused-ring (bicyclic) bond motifs is 19. The van der Waals surface area contributed by atoms with Gasteiger partial charge >= 0.3 is 0 Å². The van der Waals surface area contributed by atoms with Crippen molar-refractivity contribution in [2.45, 2.75) is 143 Å². The van der Waals surface area contributed by atoms with Crippen LogP contribution in [0.3, 0.4) is 0 Å². The van der Waals surface area contributed by atoms with E-state index in [0.29, 0.717) is 18.5 Å². The van der Waals surface area contributed by atoms with Crippen molar-refractivity contribution in [3.05, 3.63) is 355 Å². The third-order valence-electron chi connectivity index (χ3n) is 26.3. The Hall–Kier alpha value is -16.0. The molecule has 13 heterocycles. The molecule has 0 aliphatic carbocycles. The van der Waals surface area contributed by atoms with Crippen LogP contribution in [-0.2, 0) is 0 Å². The summed E-state index contributed by atoms with van der Waals surface area (Å²) in [4.78, 5) is 40.8. The molecule has 26 rings (SSSR count). The van der Waals surface area contributed by atoms with Gasteiger partial charge in [0.1, 0.15) is 34.6 Å². The van der Waals surface area contributed by atoms with Gasteiger partial charge in [0.15, 0.2) is 51.2 Å². The monoisotopic (exact) mass is 1880 g/mol. The smallest absolute Gasteiger partial charge is 0.178 e. The van der Waals surface area contributed by atoms with Gasteiger partial charge in [-0.05, 0) is 164 Å². The van der Waals surface area contributed by atoms with E-state index in [1.807, 2.05) is 168 Å². The standard InChI is InChI=1S/C28H30N2O.C26H20N2O.2C20H17N3O.C19H16N4O.5C2H6/c1-18(2)21-10-8-11-22(19(3)4)27(21)30-16-15-29(17-30)26-20(5)13-14-24-23-9-6-7-12-25(23)31-28(24)26;1-18-15-16-21-20-11-5-8-14-24(20)29-26(21)25(18)28-17-27(19-9-3-2-4-10-19)22-12-6-7-13-23(22)28;1-13-9-10-15-14-6-3-4-8-17(14)24-19(15)18(13)23-12-22(2)20-16(23)7-5-11-21-20;1-13-9-10-15-14-6-3-4-8-17(14)24-19(15)18(13)23-12-22(2)16-7-5-11-21-20(16)23;1-12-7-8-14-13-5-3-4-6-15(13)24-17(14)16(12)23-11-22(2)18-19(23)21-10-9-20-18;5*1-2/h6-16,18-19H,17H2,1-5H3;2-16H,17H2,1H3;2*3-11H,12H2,1-2H3;3-10H,11H2,1-2H3;5*1-2H3. The van der Waals surface area contributed by atoms with Crippen molar-refractivity contribution in [2.75, 3.05) is 103 Å². The third kappa shape index (κ3) is 18.0. The van der Waals surface area contributed by atoms with Crippen LogP contribution >= 0.6 is 0 Å². The summed E-state index contributed by atoms with van der Waals surface area (Å²) in [7, 11) is 6.19. The molecule has 0 N–H and O–H groups in total. The zero-order valence-electron chi connectivity index (χ0n) is 86.0. The van der Waals surface area contributed by atoms with E-state index in [9.17, 15) is 0 Å². The number of aryl methyl sites for hydroxylation is 5. The molecule has 0 atom stereocenters. The maximum absolute atomic E-state index is 6.37. The number of furan rings is 5. The van der Waals surface area contributed by atoms with Crippen molar-refractivity contribution in [3.8, 4) is 0 Å². The Morgan fingerprint density at radius 1 is 0.225 bits per heavy atom. The second-order valence-electron chi connectivity index (χ2n) is 35.5. The van der Waals surface area contributed by atoms with Crippen LogP contribution in [0.4, 0.5) is 85.8 Å². The van der Waals surface area contributed by atoms with Gasteiger partial charge in [0, 0.05) is 124 Å². The van der Waals surface area contributed by atoms with Crippen LogP contribution in [0.2, 0.25) is 0 Å². The van der Waals surface area contributed by atoms with Gasteiger partial charge in [0.2, 0.25) is 0 Å². The van der Waals surface area contributed by atoms with E-state index in [4.69, 9.17) is 22.1 Å². The number of benzene rings is 13. The molecule has 5 aliphatic rings. The van der Waals surface area contributed by atoms with Crippen LogP contribution < -0.4 is 49.0 Å². The number of hydrogen-bond donors (Lipinski definition) is 0. The SMILES string of the molecule is CC.CC.CC.CC.CC.Cc1ccc2c(oc3ccccc32)c1N1C=CN(c2c(C(C)C)cccc2C(C)C)C1.Cc1ccc2c(oc3ccccc32)c1N1CN(C)c2cccnc21.Cc1ccc2c(oc3ccccc32)c1N1CN(C)c2ncccc21.Cc1ccc2c(oc3ccccc32)c1N1CN(C)c2nccnc21.Cc1ccc2c(oc3ccccc32)c1N1CN(c2ccccc2)c2ccccc21. The first-order chi connectivity index (χ1) is 69.5. The van der Waals surface area contributed by atoms with E-state index >= 15 is 0 Å². The average molecular weight is 1880 g/mol. The molecular formula is C123H130N14O5. The lowest BCUT2D eigenvalue weighted by Crippen LogP contribution is -2.27. The second kappa shape index (κ2) is 42.8. The van der Waals surface area contributed by atoms with Gasteiger partial charge in [-0.3, -0.25) is 0 Å². The van der Waals surface area contributed by atoms with Crippen molar-refractivity contribution in [2.24, 2.45) is 0 Å². The molecule has 0 bridgehead atoms. The van der Waals surface area contributed by atoms with Gasteiger partial charge in [0.05, 0.1) is 77.9 Å². The molecule has 0 amide bonds. The van der Waals surface area contributed by atoms with Crippen LogP contribution in [-0.4, -0.2) is 74.4 Å². The summed E-state index contributed by atoms with van der Waals surface area (Å²) >= 11 is 0. The summed E-state index contributed by atoms with van der Waals surface area (Å²) in [6, 6.07) is 96.9. The van der Waals surface area contributed by atoms with Crippen LogP contribution in [0, 0.1) is 34.6 Å². The quantitative estimate of drug-likeness (QED) is 0.135. The average Bonchev–Trinajstić information content (AvgIpc) is 1.59. The maximum Gasteiger partial charge on any atom is 0.178 e. The number of pyridine rings is 2. The Bertz CT molecular complexity index is 7640. The number of nitrogens with zero attached hydrogens (tertiary/aromatic N) is 14. The lowest BCUT2D eigenvalue weighted by atomic mass is 9.92. The molecule has 19 nitrogen and oxygen atoms in total. The normalized spacial score (nSPS) is 13.1. The highest BCUT2D eigenvalue weighted by Gasteiger charge is 2.36. The highest BCUT2D eigenvalue weighted by atomic mass is 16.3. The molecule has 0 fully saturated rings. The predicted molar refractivity (Wildman–Crippen MR) is 601 cm³/mol. The molecule has 8 aromatic heterocycles. The van der Waals surface area contributed by atoms with Gasteiger partial charge in [0.25, 0.3) is 0 Å². The fourth-order valence-electron chi connectivity index (χ4n) is 20.0. The summed E-state index contributed by atoms with van der Waals surface area (Å²) in [6.07, 6.45) is 11.6. The van der Waals surface area contributed by atoms with Gasteiger partial charge in [-0.15, -0.1) is 0 Å². The van der Waals surface area contributed by atoms with Crippen molar-refractivity contribution in [3.63, 3.8) is 0 Å². The van der Waals surface area contributed by atoms with Crippen molar-refractivity contribution in [1.82, 2.24) is 19.9 Å². The van der Waals surface area contributed by atoms with Gasteiger partial charge in [-0.25, -0.2) is 19.9 Å². The molecule has 13 aromatic carbocycles. The molecule has 19 heteroatoms. The zero-order chi connectivity index (χ0) is 99.8. The Labute approximate surface area is 834 Å². The number of para-hydroxylation sites is 9. The minimum absolute atomic E-state index is 0.469. The van der Waals surface area contributed by atoms with E-state index in [1.165, 1.54) is 66.9 Å². The molecule has 21 aromatic rings. The van der Waals surface area contributed by atoms with Gasteiger partial charge in [-0.2, -0.15) is 0 Å². The van der Waals surface area contributed by atoms with Crippen LogP contribution in [0.25, 0.3) is 110 Å². The zero-order valence-corrected chi connectivity index (χ0v) is 86.0. The lowest BCUT2D eigenvalue weighted by Gasteiger charge is -2.28. The van der Waals surface area contributed by atoms with Crippen LogP contribution in [0.15, 0.2) is 338 Å². The van der Waals surface area contributed by atoms with Crippen molar-refractivity contribution in [1.29, 1.82) is 0 Å². The Kier molecular flexibility index (Phi) is 29.4. The summed E-state index contributed by atoms with van der Waals surface area (Å²) in [5, 5.41) is 11.6. The van der Waals surface area contributed by atoms with Gasteiger partial charge < -0.3 is 71.1 Å². The van der Waals surface area contributed by atoms with E-state index in [0.717, 1.165) is 194 Å². The molecule has 0 saturated heterocycles. The maximum atomic E-state index is 6.37. The highest BCUT2D eigenvalue weighted by molar-refractivity contribution is 6.15. The molecule has 142 heavy (non-hydrogen) atoms. The molecule has 0 radical (unpaired) electrons. The first-order valence-corrected chi connectivity index (χ1v) is 50.2. The Balaban J connectivity index is 0.000000120. The first-order valence-electron chi connectivity index (χ1n) is 50.2. The molecule has 0 spiro atoms. The molecule has 722 valence electrons. The largest absolute Gasteiger partial charge is 0.454 e. The Morgan fingerprint density at radius 3 is 0.951 bits per heavy atom. The van der Waals surface area contributed by atoms with E-state index < -0.39 is 0 Å². The molecular weight excluding hydrogens is 1750 g/mol. The fourth-order valence-corrected chi connectivity index (χ4v) is 20.0.